The van der Waals surface area contributed by atoms with Gasteiger partial charge in [0.15, 0.2) is 0 Å². The Morgan fingerprint density at radius 3 is 2.46 bits per heavy atom. The first-order chi connectivity index (χ1) is 13.6. The summed E-state index contributed by atoms with van der Waals surface area (Å²) in [5, 5.41) is 3.02. The van der Waals surface area contributed by atoms with Gasteiger partial charge in [-0.05, 0) is 43.8 Å². The maximum atomic E-state index is 12.8. The number of carbonyl (C=O) groups is 1. The number of nitrogens with one attached hydrogen (secondary N) is 1. The largest absolute Gasteiger partial charge is 0.489 e. The minimum absolute atomic E-state index is 0.0939. The number of nitrogens with zero attached hydrogens (tertiary/aromatic N) is 2. The molecule has 2 heterocycles. The van der Waals surface area contributed by atoms with Gasteiger partial charge in [-0.3, -0.25) is 4.79 Å². The number of hydrogen-bond acceptors (Lipinski definition) is 4. The number of fused-ring (bicyclic) bond motifs is 1. The van der Waals surface area contributed by atoms with Gasteiger partial charge in [0.25, 0.3) is 5.91 Å². The number of hydrogen-bond donors (Lipinski definition) is 1. The van der Waals surface area contributed by atoms with Gasteiger partial charge in [-0.2, -0.15) is 0 Å². The Balaban J connectivity index is 1.44. The lowest BCUT2D eigenvalue weighted by atomic mass is 9.97. The van der Waals surface area contributed by atoms with E-state index in [0.29, 0.717) is 11.5 Å². The van der Waals surface area contributed by atoms with Crippen LogP contribution in [0.15, 0.2) is 42.5 Å². The second-order valence-electron chi connectivity index (χ2n) is 7.76. The van der Waals surface area contributed by atoms with Crippen LogP contribution in [0, 0.1) is 0 Å². The Morgan fingerprint density at radius 1 is 1.07 bits per heavy atom. The zero-order valence-corrected chi connectivity index (χ0v) is 16.9. The van der Waals surface area contributed by atoms with Crippen LogP contribution in [-0.4, -0.2) is 49.6 Å². The van der Waals surface area contributed by atoms with Crippen LogP contribution in [0.25, 0.3) is 0 Å². The molecule has 0 saturated carbocycles. The average Bonchev–Trinajstić information content (AvgIpc) is 3.02. The van der Waals surface area contributed by atoms with E-state index in [0.717, 1.165) is 49.7 Å². The van der Waals surface area contributed by atoms with E-state index in [4.69, 9.17) is 4.74 Å². The first-order valence-electron chi connectivity index (χ1n) is 10.2. The van der Waals surface area contributed by atoms with Crippen LogP contribution >= 0.6 is 0 Å². The van der Waals surface area contributed by atoms with Gasteiger partial charge in [-0.15, -0.1) is 0 Å². The van der Waals surface area contributed by atoms with Crippen LogP contribution in [0.2, 0.25) is 0 Å². The maximum absolute atomic E-state index is 12.8. The molecule has 2 aromatic rings. The molecular formula is C23H29N3O2. The van der Waals surface area contributed by atoms with Gasteiger partial charge >= 0.3 is 0 Å². The van der Waals surface area contributed by atoms with Crippen LogP contribution in [0.4, 0.5) is 11.4 Å². The first-order valence-corrected chi connectivity index (χ1v) is 10.2. The number of piperazine rings is 1. The first kappa shape index (κ1) is 18.8. The molecule has 5 heteroatoms. The van der Waals surface area contributed by atoms with E-state index in [-0.39, 0.29) is 12.0 Å². The van der Waals surface area contributed by atoms with Crippen molar-refractivity contribution in [1.82, 2.24) is 4.90 Å². The highest BCUT2D eigenvalue weighted by Gasteiger charge is 2.31. The Bertz CT molecular complexity index is 841. The van der Waals surface area contributed by atoms with Crippen LogP contribution in [0.1, 0.15) is 42.6 Å². The van der Waals surface area contributed by atoms with E-state index in [9.17, 15) is 4.79 Å². The molecule has 2 atom stereocenters. The molecule has 1 saturated heterocycles. The quantitative estimate of drug-likeness (QED) is 0.873. The van der Waals surface area contributed by atoms with Gasteiger partial charge in [-0.1, -0.05) is 26.0 Å². The lowest BCUT2D eigenvalue weighted by Crippen LogP contribution is -2.46. The summed E-state index contributed by atoms with van der Waals surface area (Å²) in [6, 6.07) is 14.0. The molecule has 5 nitrogen and oxygen atoms in total. The number of anilines is 2. The Kier molecular flexibility index (Phi) is 5.27. The van der Waals surface area contributed by atoms with E-state index in [1.165, 1.54) is 5.69 Å². The monoisotopic (exact) mass is 379 g/mol. The molecule has 4 rings (SSSR count). The molecule has 0 radical (unpaired) electrons. The lowest BCUT2D eigenvalue weighted by Gasteiger charge is -2.35. The summed E-state index contributed by atoms with van der Waals surface area (Å²) in [5.74, 6) is 0.906. The molecule has 0 spiro atoms. The summed E-state index contributed by atoms with van der Waals surface area (Å²) < 4.78 is 5.95. The molecule has 2 aliphatic rings. The van der Waals surface area contributed by atoms with Crippen molar-refractivity contribution in [3.05, 3.63) is 53.6 Å². The molecule has 0 unspecified atom stereocenters. The second kappa shape index (κ2) is 7.84. The lowest BCUT2D eigenvalue weighted by molar-refractivity contribution is 0.102. The van der Waals surface area contributed by atoms with E-state index in [1.807, 2.05) is 37.3 Å². The Hall–Kier alpha value is -2.53. The number of para-hydroxylation sites is 1. The van der Waals surface area contributed by atoms with Crippen LogP contribution < -0.4 is 15.0 Å². The van der Waals surface area contributed by atoms with E-state index in [1.54, 1.807) is 0 Å². The molecule has 1 fully saturated rings. The number of carbonyl (C=O) groups excluding carboxylic acids is 1. The molecule has 0 bridgehead atoms. The molecule has 1 amide bonds. The van der Waals surface area contributed by atoms with Crippen molar-refractivity contribution in [3.8, 4) is 5.75 Å². The molecule has 28 heavy (non-hydrogen) atoms. The third-order valence-corrected chi connectivity index (χ3v) is 6.10. The highest BCUT2D eigenvalue weighted by atomic mass is 16.5. The maximum Gasteiger partial charge on any atom is 0.259 e. The number of amides is 1. The molecule has 2 aliphatic heterocycles. The average molecular weight is 380 g/mol. The Labute approximate surface area is 167 Å². The highest BCUT2D eigenvalue weighted by Crippen LogP contribution is 2.40. The van der Waals surface area contributed by atoms with Crippen LogP contribution in [0.5, 0.6) is 5.75 Å². The van der Waals surface area contributed by atoms with Crippen LogP contribution in [0.3, 0.4) is 0 Å². The molecular weight excluding hydrogens is 350 g/mol. The van der Waals surface area contributed by atoms with Crippen molar-refractivity contribution >= 4 is 17.3 Å². The molecule has 2 aromatic carbocycles. The summed E-state index contributed by atoms with van der Waals surface area (Å²) >= 11 is 0. The van der Waals surface area contributed by atoms with Crippen molar-refractivity contribution in [1.29, 1.82) is 0 Å². The molecule has 0 aromatic heterocycles. The third kappa shape index (κ3) is 3.59. The fraction of sp³-hybridized carbons (Fsp3) is 0.435. The normalized spacial score (nSPS) is 21.9. The topological polar surface area (TPSA) is 44.8 Å². The molecule has 148 valence electrons. The second-order valence-corrected chi connectivity index (χ2v) is 7.76. The number of rotatable bonds is 4. The minimum atomic E-state index is -0.123. The zero-order chi connectivity index (χ0) is 19.7. The van der Waals surface area contributed by atoms with E-state index in [2.05, 4.69) is 41.1 Å². The highest BCUT2D eigenvalue weighted by molar-refractivity contribution is 6.06. The van der Waals surface area contributed by atoms with Crippen LogP contribution in [-0.2, 0) is 0 Å². The van der Waals surface area contributed by atoms with Gasteiger partial charge in [0, 0.05) is 49.0 Å². The molecule has 1 N–H and O–H groups in total. The zero-order valence-electron chi connectivity index (χ0n) is 16.9. The van der Waals surface area contributed by atoms with Crippen molar-refractivity contribution in [2.75, 3.05) is 42.9 Å². The number of benzene rings is 2. The van der Waals surface area contributed by atoms with Crippen molar-refractivity contribution in [3.63, 3.8) is 0 Å². The minimum Gasteiger partial charge on any atom is -0.489 e. The number of ether oxygens (including phenoxy) is 1. The predicted molar refractivity (Wildman–Crippen MR) is 114 cm³/mol. The van der Waals surface area contributed by atoms with Gasteiger partial charge in [-0.25, -0.2) is 0 Å². The summed E-state index contributed by atoms with van der Waals surface area (Å²) in [4.78, 5) is 17.7. The van der Waals surface area contributed by atoms with E-state index < -0.39 is 0 Å². The fourth-order valence-electron chi connectivity index (χ4n) is 4.04. The fourth-order valence-corrected chi connectivity index (χ4v) is 4.04. The van der Waals surface area contributed by atoms with Gasteiger partial charge in [0.05, 0.1) is 5.56 Å². The standard InChI is InChI=1S/C23H29N3O2/c1-4-25-12-14-26(15-13-25)19-10-8-18(9-11-19)24-23(27)21-7-5-6-20-16(2)17(3)28-22(20)21/h5-11,16-17H,4,12-15H2,1-3H3,(H,24,27)/t16-,17-/m1/s1. The van der Waals surface area contributed by atoms with Gasteiger partial charge in [0.1, 0.15) is 11.9 Å². The SMILES string of the molecule is CCN1CCN(c2ccc(NC(=O)c3cccc4c3O[C@H](C)[C@H]4C)cc2)CC1. The predicted octanol–water partition coefficient (Wildman–Crippen LogP) is 3.97. The van der Waals surface area contributed by atoms with Crippen molar-refractivity contribution < 1.29 is 9.53 Å². The number of likely N-dealkylation sites (N-methyl/N-ethyl adjacent to an activating group) is 1. The Morgan fingerprint density at radius 2 is 1.79 bits per heavy atom. The summed E-state index contributed by atoms with van der Waals surface area (Å²) in [5.41, 5.74) is 3.73. The molecule has 0 aliphatic carbocycles. The summed E-state index contributed by atoms with van der Waals surface area (Å²) in [7, 11) is 0. The van der Waals surface area contributed by atoms with E-state index >= 15 is 0 Å². The smallest absolute Gasteiger partial charge is 0.259 e. The van der Waals surface area contributed by atoms with Crippen molar-refractivity contribution in [2.24, 2.45) is 0 Å². The summed E-state index contributed by atoms with van der Waals surface area (Å²) in [6.45, 7) is 11.8. The third-order valence-electron chi connectivity index (χ3n) is 6.10. The van der Waals surface area contributed by atoms with Gasteiger partial charge < -0.3 is 19.9 Å². The van der Waals surface area contributed by atoms with Gasteiger partial charge in [0.2, 0.25) is 0 Å². The summed E-state index contributed by atoms with van der Waals surface area (Å²) in [6.07, 6.45) is 0.0939. The van der Waals surface area contributed by atoms with Crippen molar-refractivity contribution in [2.45, 2.75) is 32.8 Å².